The van der Waals surface area contributed by atoms with E-state index >= 15 is 0 Å². The van der Waals surface area contributed by atoms with E-state index in [0.29, 0.717) is 6.42 Å². The van der Waals surface area contributed by atoms with Crippen molar-refractivity contribution in [1.82, 2.24) is 10.6 Å². The number of nitrogens with one attached hydrogen (secondary N) is 2. The second-order valence-electron chi connectivity index (χ2n) is 6.32. The number of Topliss-reactive ketones (excluding diaryl/α,β-unsaturated/α-hetero) is 1. The molecule has 0 heterocycles. The Morgan fingerprint density at radius 2 is 1.79 bits per heavy atom. The van der Waals surface area contributed by atoms with Crippen molar-refractivity contribution in [2.45, 2.75) is 57.9 Å². The molecule has 0 aliphatic heterocycles. The number of rotatable bonds is 11. The van der Waals surface area contributed by atoms with Gasteiger partial charge < -0.3 is 26.2 Å². The van der Waals surface area contributed by atoms with Gasteiger partial charge in [0.2, 0.25) is 11.8 Å². The van der Waals surface area contributed by atoms with Crippen molar-refractivity contribution in [1.29, 1.82) is 0 Å². The van der Waals surface area contributed by atoms with Crippen LogP contribution >= 0.6 is 0 Å². The normalized spacial score (nSPS) is 13.7. The average Bonchev–Trinajstić information content (AvgIpc) is 2.67. The van der Waals surface area contributed by atoms with E-state index in [1.54, 1.807) is 31.2 Å². The minimum absolute atomic E-state index is 0.0101. The molecule has 0 aliphatic rings. The Kier molecular flexibility index (Phi) is 9.66. The number of primary amides is 1. The van der Waals surface area contributed by atoms with Crippen molar-refractivity contribution >= 4 is 23.7 Å². The summed E-state index contributed by atoms with van der Waals surface area (Å²) in [6.07, 6.45) is -1.73. The first-order valence-corrected chi connectivity index (χ1v) is 9.01. The summed E-state index contributed by atoms with van der Waals surface area (Å²) in [5.41, 5.74) is 6.02. The number of hydrogen-bond donors (Lipinski definition) is 4. The third-order valence-corrected chi connectivity index (χ3v) is 4.02. The minimum atomic E-state index is -1.35. The average molecular weight is 393 g/mol. The highest BCUT2D eigenvalue weighted by Crippen LogP contribution is 2.04. The topological polar surface area (TPSA) is 148 Å². The maximum atomic E-state index is 12.4. The molecule has 0 radical (unpaired) electrons. The molecule has 0 unspecified atom stereocenters. The second kappa shape index (κ2) is 11.7. The predicted molar refractivity (Wildman–Crippen MR) is 101 cm³/mol. The third kappa shape index (κ3) is 8.17. The monoisotopic (exact) mass is 393 g/mol. The molecular formula is C19H27N3O6. The van der Waals surface area contributed by atoms with E-state index in [1.807, 2.05) is 6.07 Å². The first kappa shape index (κ1) is 23.1. The van der Waals surface area contributed by atoms with Gasteiger partial charge in [-0.15, -0.1) is 0 Å². The second-order valence-corrected chi connectivity index (χ2v) is 6.32. The molecule has 0 aromatic heterocycles. The molecule has 0 bridgehead atoms. The van der Waals surface area contributed by atoms with Gasteiger partial charge in [0.1, 0.15) is 24.5 Å². The fraction of sp³-hybridized carbons (Fsp3) is 0.474. The van der Waals surface area contributed by atoms with Gasteiger partial charge in [-0.3, -0.25) is 14.4 Å². The smallest absolute Gasteiger partial charge is 0.408 e. The van der Waals surface area contributed by atoms with Gasteiger partial charge in [-0.1, -0.05) is 37.3 Å². The number of aliphatic hydroxyl groups is 1. The van der Waals surface area contributed by atoms with Gasteiger partial charge in [-0.2, -0.15) is 0 Å². The number of benzene rings is 1. The zero-order chi connectivity index (χ0) is 21.1. The molecule has 154 valence electrons. The van der Waals surface area contributed by atoms with Crippen molar-refractivity contribution in [2.24, 2.45) is 5.73 Å². The lowest BCUT2D eigenvalue weighted by molar-refractivity contribution is -0.130. The van der Waals surface area contributed by atoms with Crippen LogP contribution in [0.1, 0.15) is 38.7 Å². The highest BCUT2D eigenvalue weighted by Gasteiger charge is 2.29. The molecule has 0 saturated carbocycles. The summed E-state index contributed by atoms with van der Waals surface area (Å²) >= 11 is 0. The number of alkyl carbamates (subject to hydrolysis) is 1. The molecule has 1 aromatic carbocycles. The van der Waals surface area contributed by atoms with Crippen LogP contribution < -0.4 is 16.4 Å². The van der Waals surface area contributed by atoms with Crippen LogP contribution in [0.4, 0.5) is 4.79 Å². The van der Waals surface area contributed by atoms with Gasteiger partial charge in [-0.05, 0) is 18.9 Å². The van der Waals surface area contributed by atoms with Crippen LogP contribution in [-0.2, 0) is 25.7 Å². The van der Waals surface area contributed by atoms with Crippen LogP contribution in [-0.4, -0.2) is 47.0 Å². The van der Waals surface area contributed by atoms with Gasteiger partial charge in [0.15, 0.2) is 0 Å². The molecule has 1 aromatic rings. The van der Waals surface area contributed by atoms with Crippen LogP contribution in [0.3, 0.4) is 0 Å². The molecule has 28 heavy (non-hydrogen) atoms. The van der Waals surface area contributed by atoms with E-state index in [0.717, 1.165) is 5.56 Å². The highest BCUT2D eigenvalue weighted by atomic mass is 16.5. The number of ketones is 1. The van der Waals surface area contributed by atoms with Crippen LogP contribution in [0.15, 0.2) is 30.3 Å². The van der Waals surface area contributed by atoms with Crippen LogP contribution in [0.5, 0.6) is 0 Å². The van der Waals surface area contributed by atoms with Crippen molar-refractivity contribution in [3.8, 4) is 0 Å². The van der Waals surface area contributed by atoms with E-state index in [-0.39, 0.29) is 25.2 Å². The maximum absolute atomic E-state index is 12.4. The number of carbonyl (C=O) groups excluding carboxylic acids is 4. The van der Waals surface area contributed by atoms with Gasteiger partial charge in [-0.25, -0.2) is 4.79 Å². The van der Waals surface area contributed by atoms with E-state index < -0.39 is 36.1 Å². The lowest BCUT2D eigenvalue weighted by Crippen LogP contribution is -2.56. The molecule has 9 nitrogen and oxygen atoms in total. The number of ether oxygens (including phenoxy) is 1. The largest absolute Gasteiger partial charge is 0.445 e. The SMILES string of the molecule is CCC(=O)CC[C@@H](NC(=O)[C@@H](NC(=O)OCc1ccccc1)[C@@H](C)O)C(N)=O. The Morgan fingerprint density at radius 3 is 2.32 bits per heavy atom. The van der Waals surface area contributed by atoms with Gasteiger partial charge in [0.05, 0.1) is 6.10 Å². The Labute approximate surface area is 163 Å². The molecule has 3 amide bonds. The first-order valence-electron chi connectivity index (χ1n) is 9.01. The molecule has 9 heteroatoms. The fourth-order valence-electron chi connectivity index (χ4n) is 2.33. The Balaban J connectivity index is 2.64. The third-order valence-electron chi connectivity index (χ3n) is 4.02. The van der Waals surface area contributed by atoms with Crippen molar-refractivity contribution in [3.05, 3.63) is 35.9 Å². The molecule has 0 saturated heterocycles. The Morgan fingerprint density at radius 1 is 1.14 bits per heavy atom. The molecule has 0 aliphatic carbocycles. The standard InChI is InChI=1S/C19H27N3O6/c1-3-14(24)9-10-15(17(20)25)21-18(26)16(12(2)23)22-19(27)28-11-13-7-5-4-6-8-13/h4-8,12,15-16,23H,3,9-11H2,1-2H3,(H2,20,25)(H,21,26)(H,22,27)/t12-,15-,16+/m1/s1. The summed E-state index contributed by atoms with van der Waals surface area (Å²) in [5.74, 6) is -1.69. The van der Waals surface area contributed by atoms with Crippen LogP contribution in [0.2, 0.25) is 0 Å². The summed E-state index contributed by atoms with van der Waals surface area (Å²) in [6.45, 7) is 2.99. The van der Waals surface area contributed by atoms with Crippen LogP contribution in [0, 0.1) is 0 Å². The first-order chi connectivity index (χ1) is 13.2. The van der Waals surface area contributed by atoms with Gasteiger partial charge in [0, 0.05) is 12.8 Å². The van der Waals surface area contributed by atoms with E-state index in [9.17, 15) is 24.3 Å². The molecule has 3 atom stereocenters. The summed E-state index contributed by atoms with van der Waals surface area (Å²) in [5, 5.41) is 14.4. The summed E-state index contributed by atoms with van der Waals surface area (Å²) in [7, 11) is 0. The summed E-state index contributed by atoms with van der Waals surface area (Å²) in [4.78, 5) is 47.3. The molecular weight excluding hydrogens is 366 g/mol. The maximum Gasteiger partial charge on any atom is 0.408 e. The fourth-order valence-corrected chi connectivity index (χ4v) is 2.33. The lowest BCUT2D eigenvalue weighted by Gasteiger charge is -2.23. The van der Waals surface area contributed by atoms with E-state index in [4.69, 9.17) is 10.5 Å². The molecule has 1 rings (SSSR count). The van der Waals surface area contributed by atoms with Crippen molar-refractivity contribution in [2.75, 3.05) is 0 Å². The highest BCUT2D eigenvalue weighted by molar-refractivity contribution is 5.91. The van der Waals surface area contributed by atoms with E-state index in [2.05, 4.69) is 10.6 Å². The predicted octanol–water partition coefficient (Wildman–Crippen LogP) is 0.392. The van der Waals surface area contributed by atoms with Crippen molar-refractivity contribution in [3.63, 3.8) is 0 Å². The minimum Gasteiger partial charge on any atom is -0.445 e. The lowest BCUT2D eigenvalue weighted by atomic mass is 10.1. The Bertz CT molecular complexity index is 678. The molecule has 0 fully saturated rings. The molecule has 5 N–H and O–H groups in total. The van der Waals surface area contributed by atoms with Crippen molar-refractivity contribution < 1.29 is 29.0 Å². The number of carbonyl (C=O) groups is 4. The number of amides is 3. The number of aliphatic hydroxyl groups excluding tert-OH is 1. The van der Waals surface area contributed by atoms with Gasteiger partial charge in [0.25, 0.3) is 0 Å². The van der Waals surface area contributed by atoms with E-state index in [1.165, 1.54) is 6.92 Å². The zero-order valence-electron chi connectivity index (χ0n) is 16.0. The zero-order valence-corrected chi connectivity index (χ0v) is 16.0. The quantitative estimate of drug-likeness (QED) is 0.427. The summed E-state index contributed by atoms with van der Waals surface area (Å²) < 4.78 is 5.03. The van der Waals surface area contributed by atoms with Crippen LogP contribution in [0.25, 0.3) is 0 Å². The number of hydrogen-bond acceptors (Lipinski definition) is 6. The number of nitrogens with two attached hydrogens (primary N) is 1. The summed E-state index contributed by atoms with van der Waals surface area (Å²) in [6, 6.07) is 6.48. The molecule has 0 spiro atoms. The van der Waals surface area contributed by atoms with Gasteiger partial charge >= 0.3 is 6.09 Å². The Hall–Kier alpha value is -2.94.